The monoisotopic (exact) mass is 646 g/mol. The first kappa shape index (κ1) is 33.5. The Kier molecular flexibility index (Phi) is 9.08. The molecule has 6 rings (SSSR count). The summed E-state index contributed by atoms with van der Waals surface area (Å²) in [5.74, 6) is 1.12. The minimum absolute atomic E-state index is 0.101. The summed E-state index contributed by atoms with van der Waals surface area (Å²) >= 11 is 0. The van der Waals surface area contributed by atoms with Gasteiger partial charge in [-0.15, -0.1) is 0 Å². The summed E-state index contributed by atoms with van der Waals surface area (Å²) in [5, 5.41) is 13.3. The summed E-state index contributed by atoms with van der Waals surface area (Å²) in [7, 11) is 7.50. The maximum absolute atomic E-state index is 13.6. The molecule has 4 atom stereocenters. The Morgan fingerprint density at radius 2 is 0.957 bits per heavy atom. The van der Waals surface area contributed by atoms with Crippen LogP contribution in [0.2, 0.25) is 0 Å². The standard InChI is InChI=1S/C35H36O10.C2H6/c1-14-16(3)44-24-10-18-26(34(42-8)30(24)32(14)37)20(36)12-21(39-5)27(18)28-19-11-25-31(33(38)15(2)17(4)45-25)35(43-9)29(19)23(41-7)13-22(28)40-6;1-2/h10-17,36H,1-9H3;1-2H3. The van der Waals surface area contributed by atoms with Crippen molar-refractivity contribution in [1.82, 2.24) is 0 Å². The number of rotatable bonds is 6. The predicted molar refractivity (Wildman–Crippen MR) is 180 cm³/mol. The molecule has 0 bridgehead atoms. The van der Waals surface area contributed by atoms with E-state index in [1.165, 1.54) is 41.6 Å². The van der Waals surface area contributed by atoms with Gasteiger partial charge in [-0.05, 0) is 26.0 Å². The van der Waals surface area contributed by atoms with Crippen LogP contribution in [0.1, 0.15) is 62.3 Å². The lowest BCUT2D eigenvalue weighted by atomic mass is 9.84. The fourth-order valence-electron chi connectivity index (χ4n) is 6.51. The number of carbonyl (C=O) groups is 2. The molecule has 1 N–H and O–H groups in total. The van der Waals surface area contributed by atoms with Gasteiger partial charge in [0.15, 0.2) is 11.6 Å². The Morgan fingerprint density at radius 1 is 0.553 bits per heavy atom. The van der Waals surface area contributed by atoms with Crippen LogP contribution in [0, 0.1) is 11.8 Å². The number of hydrogen-bond donors (Lipinski definition) is 1. The minimum Gasteiger partial charge on any atom is -0.507 e. The molecule has 0 spiro atoms. The van der Waals surface area contributed by atoms with Crippen LogP contribution >= 0.6 is 0 Å². The Labute approximate surface area is 274 Å². The van der Waals surface area contributed by atoms with Gasteiger partial charge >= 0.3 is 0 Å². The van der Waals surface area contributed by atoms with Crippen LogP contribution in [0.25, 0.3) is 32.7 Å². The van der Waals surface area contributed by atoms with Crippen molar-refractivity contribution in [2.24, 2.45) is 11.8 Å². The van der Waals surface area contributed by atoms with Crippen LogP contribution < -0.4 is 33.2 Å². The normalized spacial score (nSPS) is 19.9. The highest BCUT2D eigenvalue weighted by molar-refractivity contribution is 6.20. The van der Waals surface area contributed by atoms with E-state index in [4.69, 9.17) is 33.2 Å². The van der Waals surface area contributed by atoms with Crippen LogP contribution in [0.15, 0.2) is 24.3 Å². The number of carbonyl (C=O) groups excluding carboxylic acids is 2. The van der Waals surface area contributed by atoms with Gasteiger partial charge in [0.2, 0.25) is 0 Å². The lowest BCUT2D eigenvalue weighted by Gasteiger charge is -2.31. The first-order chi connectivity index (χ1) is 22.5. The zero-order chi connectivity index (χ0) is 34.5. The number of methoxy groups -OCH3 is 5. The van der Waals surface area contributed by atoms with E-state index in [1.807, 2.05) is 34.6 Å². The Balaban J connectivity index is 0.00000213. The van der Waals surface area contributed by atoms with Gasteiger partial charge < -0.3 is 38.3 Å². The Bertz CT molecular complexity index is 1910. The van der Waals surface area contributed by atoms with Crippen LogP contribution in [0.4, 0.5) is 0 Å². The number of fused-ring (bicyclic) bond motifs is 4. The number of Topliss-reactive ketones (excluding diaryl/α,β-unsaturated/α-hetero) is 2. The second-order valence-electron chi connectivity index (χ2n) is 11.5. The van der Waals surface area contributed by atoms with E-state index >= 15 is 0 Å². The lowest BCUT2D eigenvalue weighted by Crippen LogP contribution is -2.34. The molecule has 2 heterocycles. The van der Waals surface area contributed by atoms with E-state index < -0.39 is 5.92 Å². The van der Waals surface area contributed by atoms with Crippen molar-refractivity contribution in [3.63, 3.8) is 0 Å². The van der Waals surface area contributed by atoms with Crippen LogP contribution in [-0.4, -0.2) is 64.4 Å². The second kappa shape index (κ2) is 12.7. The van der Waals surface area contributed by atoms with Crippen molar-refractivity contribution < 1.29 is 47.9 Å². The average Bonchev–Trinajstić information content (AvgIpc) is 3.08. The van der Waals surface area contributed by atoms with Crippen molar-refractivity contribution in [2.45, 2.75) is 53.8 Å². The van der Waals surface area contributed by atoms with E-state index in [0.29, 0.717) is 72.7 Å². The summed E-state index contributed by atoms with van der Waals surface area (Å²) in [6.07, 6.45) is -0.761. The third kappa shape index (κ3) is 4.92. The SMILES string of the molecule is CC.COc1cc(O)c2c(OC)c3c(cc2c1-c1c(OC)cc(OC)c2c(OC)c4c(cc12)OC(C)C(C)C4=O)OC(C)C(C)C3=O. The summed E-state index contributed by atoms with van der Waals surface area (Å²) in [6, 6.07) is 6.69. The van der Waals surface area contributed by atoms with E-state index in [9.17, 15) is 14.7 Å². The van der Waals surface area contributed by atoms with Gasteiger partial charge in [-0.1, -0.05) is 27.7 Å². The molecule has 10 nitrogen and oxygen atoms in total. The molecule has 4 unspecified atom stereocenters. The average molecular weight is 647 g/mol. The zero-order valence-corrected chi connectivity index (χ0v) is 28.7. The maximum Gasteiger partial charge on any atom is 0.176 e. The molecule has 0 fully saturated rings. The first-order valence-electron chi connectivity index (χ1n) is 15.7. The highest BCUT2D eigenvalue weighted by atomic mass is 16.5. The number of hydrogen-bond acceptors (Lipinski definition) is 10. The molecule has 0 saturated carbocycles. The number of ketones is 2. The number of ether oxygens (including phenoxy) is 7. The van der Waals surface area contributed by atoms with E-state index in [-0.39, 0.29) is 46.8 Å². The minimum atomic E-state index is -0.416. The third-order valence-electron chi connectivity index (χ3n) is 9.23. The van der Waals surface area contributed by atoms with E-state index in [0.717, 1.165) is 0 Å². The lowest BCUT2D eigenvalue weighted by molar-refractivity contribution is 0.0716. The molecule has 2 aliphatic heterocycles. The van der Waals surface area contributed by atoms with Crippen molar-refractivity contribution in [3.05, 3.63) is 35.4 Å². The number of phenolic OH excluding ortho intramolecular Hbond substituents is 1. The maximum atomic E-state index is 13.6. The van der Waals surface area contributed by atoms with Crippen LogP contribution in [-0.2, 0) is 0 Å². The van der Waals surface area contributed by atoms with Gasteiger partial charge in [-0.2, -0.15) is 0 Å². The van der Waals surface area contributed by atoms with E-state index in [2.05, 4.69) is 0 Å². The third-order valence-corrected chi connectivity index (χ3v) is 9.23. The predicted octanol–water partition coefficient (Wildman–Crippen LogP) is 7.63. The largest absolute Gasteiger partial charge is 0.507 e. The fourth-order valence-corrected chi connectivity index (χ4v) is 6.51. The molecular formula is C37H42O10. The van der Waals surface area contributed by atoms with Crippen molar-refractivity contribution in [2.75, 3.05) is 35.5 Å². The number of benzene rings is 4. The molecule has 0 amide bonds. The molecule has 47 heavy (non-hydrogen) atoms. The van der Waals surface area contributed by atoms with Gasteiger partial charge in [-0.3, -0.25) is 9.59 Å². The summed E-state index contributed by atoms with van der Waals surface area (Å²) in [5.41, 5.74) is 1.66. The molecule has 4 aromatic rings. The quantitative estimate of drug-likeness (QED) is 0.224. The first-order valence-corrected chi connectivity index (χ1v) is 15.7. The molecule has 0 aliphatic carbocycles. The number of aromatic hydroxyl groups is 1. The highest BCUT2D eigenvalue weighted by Crippen LogP contribution is 2.56. The van der Waals surface area contributed by atoms with Gasteiger partial charge in [0, 0.05) is 34.0 Å². The fraction of sp³-hybridized carbons (Fsp3) is 0.405. The summed E-state index contributed by atoms with van der Waals surface area (Å²) in [6.45, 7) is 11.3. The molecule has 0 saturated heterocycles. The van der Waals surface area contributed by atoms with E-state index in [1.54, 1.807) is 25.1 Å². The summed E-state index contributed by atoms with van der Waals surface area (Å²) < 4.78 is 41.9. The second-order valence-corrected chi connectivity index (χ2v) is 11.5. The van der Waals surface area contributed by atoms with Gasteiger partial charge in [0.1, 0.15) is 69.3 Å². The van der Waals surface area contributed by atoms with Crippen molar-refractivity contribution in [1.29, 1.82) is 0 Å². The van der Waals surface area contributed by atoms with Gasteiger partial charge in [-0.25, -0.2) is 0 Å². The topological polar surface area (TPSA) is 119 Å². The van der Waals surface area contributed by atoms with Gasteiger partial charge in [0.05, 0.1) is 58.2 Å². The summed E-state index contributed by atoms with van der Waals surface area (Å²) in [4.78, 5) is 27.1. The van der Waals surface area contributed by atoms with Gasteiger partial charge in [0.25, 0.3) is 0 Å². The van der Waals surface area contributed by atoms with Crippen molar-refractivity contribution >= 4 is 33.1 Å². The Morgan fingerprint density at radius 3 is 1.38 bits per heavy atom. The van der Waals surface area contributed by atoms with Crippen LogP contribution in [0.3, 0.4) is 0 Å². The molecule has 0 radical (unpaired) electrons. The van der Waals surface area contributed by atoms with Crippen LogP contribution in [0.5, 0.6) is 46.0 Å². The molecule has 250 valence electrons. The highest BCUT2D eigenvalue weighted by Gasteiger charge is 2.39. The molecule has 10 heteroatoms. The molecular weight excluding hydrogens is 604 g/mol. The molecule has 4 aromatic carbocycles. The Hall–Kier alpha value is -4.86. The number of phenols is 1. The van der Waals surface area contributed by atoms with Crippen molar-refractivity contribution in [3.8, 4) is 57.1 Å². The zero-order valence-electron chi connectivity index (χ0n) is 28.7. The molecule has 2 aliphatic rings. The molecule has 0 aromatic heterocycles. The smallest absolute Gasteiger partial charge is 0.176 e.